The van der Waals surface area contributed by atoms with Gasteiger partial charge in [0, 0.05) is 10.9 Å². The molecule has 3 rings (SSSR count). The number of hydrogen-bond acceptors (Lipinski definition) is 4. The van der Waals surface area contributed by atoms with Crippen molar-refractivity contribution in [2.24, 2.45) is 5.73 Å². The predicted molar refractivity (Wildman–Crippen MR) is 73.8 cm³/mol. The molecule has 18 heavy (non-hydrogen) atoms. The highest BCUT2D eigenvalue weighted by atomic mass is 32.1. The molecule has 1 saturated carbocycles. The van der Waals surface area contributed by atoms with Crippen LogP contribution in [0.4, 0.5) is 0 Å². The van der Waals surface area contributed by atoms with Crippen LogP contribution in [0, 0.1) is 0 Å². The molecule has 4 heteroatoms. The molecule has 0 bridgehead atoms. The fourth-order valence-electron chi connectivity index (χ4n) is 2.17. The monoisotopic (exact) mass is 260 g/mol. The van der Waals surface area contributed by atoms with E-state index in [1.165, 1.54) is 6.42 Å². The Labute approximate surface area is 111 Å². The van der Waals surface area contributed by atoms with Gasteiger partial charge in [-0.2, -0.15) is 0 Å². The largest absolute Gasteiger partial charge is 0.497 e. The molecule has 0 atom stereocenters. The molecule has 2 N–H and O–H groups in total. The van der Waals surface area contributed by atoms with Crippen molar-refractivity contribution in [3.8, 4) is 17.0 Å². The molecule has 94 valence electrons. The van der Waals surface area contributed by atoms with E-state index in [1.807, 2.05) is 24.3 Å². The first-order valence-corrected chi connectivity index (χ1v) is 6.98. The first-order valence-electron chi connectivity index (χ1n) is 6.11. The van der Waals surface area contributed by atoms with Crippen LogP contribution in [0.15, 0.2) is 29.6 Å². The molecule has 1 fully saturated rings. The molecule has 0 amide bonds. The molecule has 1 aromatic heterocycles. The summed E-state index contributed by atoms with van der Waals surface area (Å²) in [7, 11) is 1.67. The Hall–Kier alpha value is -1.39. The first kappa shape index (κ1) is 11.7. The van der Waals surface area contributed by atoms with Crippen LogP contribution in [-0.4, -0.2) is 12.1 Å². The molecule has 1 heterocycles. The molecule has 1 aromatic carbocycles. The molecule has 3 nitrogen and oxygen atoms in total. The lowest BCUT2D eigenvalue weighted by atomic mass is 9.78. The quantitative estimate of drug-likeness (QED) is 0.922. The maximum absolute atomic E-state index is 6.29. The van der Waals surface area contributed by atoms with Crippen LogP contribution in [0.1, 0.15) is 24.3 Å². The van der Waals surface area contributed by atoms with E-state index in [0.29, 0.717) is 0 Å². The van der Waals surface area contributed by atoms with Gasteiger partial charge in [0.25, 0.3) is 0 Å². The fourth-order valence-corrected chi connectivity index (χ4v) is 3.17. The zero-order valence-electron chi connectivity index (χ0n) is 10.3. The van der Waals surface area contributed by atoms with Gasteiger partial charge in [0.05, 0.1) is 18.3 Å². The highest BCUT2D eigenvalue weighted by molar-refractivity contribution is 7.10. The van der Waals surface area contributed by atoms with Gasteiger partial charge in [-0.1, -0.05) is 0 Å². The number of ether oxygens (including phenoxy) is 1. The van der Waals surface area contributed by atoms with Crippen molar-refractivity contribution in [3.63, 3.8) is 0 Å². The second kappa shape index (κ2) is 4.37. The van der Waals surface area contributed by atoms with Gasteiger partial charge in [0.2, 0.25) is 0 Å². The lowest BCUT2D eigenvalue weighted by Crippen LogP contribution is -2.43. The first-order chi connectivity index (χ1) is 8.71. The minimum atomic E-state index is -0.157. The summed E-state index contributed by atoms with van der Waals surface area (Å²) in [5, 5.41) is 3.16. The van der Waals surface area contributed by atoms with Gasteiger partial charge in [-0.15, -0.1) is 11.3 Å². The van der Waals surface area contributed by atoms with Crippen molar-refractivity contribution in [1.29, 1.82) is 0 Å². The topological polar surface area (TPSA) is 48.1 Å². The molecule has 0 saturated heterocycles. The van der Waals surface area contributed by atoms with Crippen molar-refractivity contribution in [2.75, 3.05) is 7.11 Å². The molecule has 0 unspecified atom stereocenters. The Morgan fingerprint density at radius 3 is 2.56 bits per heavy atom. The third-order valence-electron chi connectivity index (χ3n) is 3.56. The summed E-state index contributed by atoms with van der Waals surface area (Å²) in [6.45, 7) is 0. The maximum Gasteiger partial charge on any atom is 0.118 e. The molecule has 2 aromatic rings. The summed E-state index contributed by atoms with van der Waals surface area (Å²) >= 11 is 1.67. The summed E-state index contributed by atoms with van der Waals surface area (Å²) in [5.74, 6) is 0.864. The number of rotatable bonds is 3. The van der Waals surface area contributed by atoms with E-state index in [2.05, 4.69) is 10.4 Å². The Bertz CT molecular complexity index is 543. The van der Waals surface area contributed by atoms with E-state index < -0.39 is 0 Å². The second-order valence-electron chi connectivity index (χ2n) is 4.78. The minimum Gasteiger partial charge on any atom is -0.497 e. The number of aromatic nitrogens is 1. The van der Waals surface area contributed by atoms with Gasteiger partial charge in [-0.3, -0.25) is 0 Å². The SMILES string of the molecule is COc1ccc(-c2csc(C3(N)CCC3)n2)cc1. The predicted octanol–water partition coefficient (Wildman–Crippen LogP) is 3.16. The Morgan fingerprint density at radius 2 is 2.00 bits per heavy atom. The zero-order chi connectivity index (χ0) is 12.6. The van der Waals surface area contributed by atoms with Crippen molar-refractivity contribution in [3.05, 3.63) is 34.7 Å². The summed E-state index contributed by atoms with van der Waals surface area (Å²) in [6.07, 6.45) is 3.33. The van der Waals surface area contributed by atoms with Crippen molar-refractivity contribution < 1.29 is 4.74 Å². The second-order valence-corrected chi connectivity index (χ2v) is 5.63. The zero-order valence-corrected chi connectivity index (χ0v) is 11.2. The van der Waals surface area contributed by atoms with E-state index in [4.69, 9.17) is 10.5 Å². The highest BCUT2D eigenvalue weighted by Crippen LogP contribution is 2.41. The molecule has 0 radical (unpaired) electrons. The molecule has 0 spiro atoms. The van der Waals surface area contributed by atoms with Crippen LogP contribution in [0.5, 0.6) is 5.75 Å². The lowest BCUT2D eigenvalue weighted by molar-refractivity contribution is 0.253. The normalized spacial score (nSPS) is 17.2. The van der Waals surface area contributed by atoms with Gasteiger partial charge in [-0.05, 0) is 43.5 Å². The number of nitrogens with two attached hydrogens (primary N) is 1. The summed E-state index contributed by atoms with van der Waals surface area (Å²) in [6, 6.07) is 7.97. The number of nitrogens with zero attached hydrogens (tertiary/aromatic N) is 1. The van der Waals surface area contributed by atoms with Crippen LogP contribution < -0.4 is 10.5 Å². The van der Waals surface area contributed by atoms with Crippen LogP contribution in [0.25, 0.3) is 11.3 Å². The van der Waals surface area contributed by atoms with Crippen molar-refractivity contribution in [2.45, 2.75) is 24.8 Å². The Kier molecular flexibility index (Phi) is 2.84. The van der Waals surface area contributed by atoms with Crippen molar-refractivity contribution in [1.82, 2.24) is 4.98 Å². The Balaban J connectivity index is 1.88. The molecule has 1 aliphatic carbocycles. The summed E-state index contributed by atoms with van der Waals surface area (Å²) in [4.78, 5) is 4.68. The van der Waals surface area contributed by atoms with E-state index in [9.17, 15) is 0 Å². The number of benzene rings is 1. The van der Waals surface area contributed by atoms with E-state index in [0.717, 1.165) is 34.9 Å². The average molecular weight is 260 g/mol. The molecule has 0 aliphatic heterocycles. The van der Waals surface area contributed by atoms with E-state index in [1.54, 1.807) is 18.4 Å². The Morgan fingerprint density at radius 1 is 1.28 bits per heavy atom. The minimum absolute atomic E-state index is 0.157. The number of hydrogen-bond donors (Lipinski definition) is 1. The van der Waals surface area contributed by atoms with Crippen LogP contribution in [0.3, 0.4) is 0 Å². The molecular weight excluding hydrogens is 244 g/mol. The lowest BCUT2D eigenvalue weighted by Gasteiger charge is -2.35. The number of thiazole rings is 1. The number of methoxy groups -OCH3 is 1. The van der Waals surface area contributed by atoms with E-state index >= 15 is 0 Å². The third-order valence-corrected chi connectivity index (χ3v) is 4.62. The summed E-state index contributed by atoms with van der Waals surface area (Å²) < 4.78 is 5.15. The highest BCUT2D eigenvalue weighted by Gasteiger charge is 2.37. The van der Waals surface area contributed by atoms with Gasteiger partial charge < -0.3 is 10.5 Å². The maximum atomic E-state index is 6.29. The van der Waals surface area contributed by atoms with Gasteiger partial charge >= 0.3 is 0 Å². The van der Waals surface area contributed by atoms with Crippen LogP contribution in [0.2, 0.25) is 0 Å². The van der Waals surface area contributed by atoms with Crippen LogP contribution >= 0.6 is 11.3 Å². The van der Waals surface area contributed by atoms with Crippen LogP contribution in [-0.2, 0) is 5.54 Å². The van der Waals surface area contributed by atoms with E-state index in [-0.39, 0.29) is 5.54 Å². The average Bonchev–Trinajstić information content (AvgIpc) is 2.86. The van der Waals surface area contributed by atoms with Gasteiger partial charge in [0.15, 0.2) is 0 Å². The van der Waals surface area contributed by atoms with Crippen molar-refractivity contribution >= 4 is 11.3 Å². The summed E-state index contributed by atoms with van der Waals surface area (Å²) in [5.41, 5.74) is 8.25. The molecular formula is C14H16N2OS. The van der Waals surface area contributed by atoms with Gasteiger partial charge in [0.1, 0.15) is 10.8 Å². The smallest absolute Gasteiger partial charge is 0.118 e. The standard InChI is InChI=1S/C14H16N2OS/c1-17-11-5-3-10(4-6-11)12-9-18-13(16-12)14(15)7-2-8-14/h3-6,9H,2,7-8,15H2,1H3. The van der Waals surface area contributed by atoms with Gasteiger partial charge in [-0.25, -0.2) is 4.98 Å². The third kappa shape index (κ3) is 1.91. The fraction of sp³-hybridized carbons (Fsp3) is 0.357. The molecule has 1 aliphatic rings.